The molecule has 3 unspecified atom stereocenters. The maximum atomic E-state index is 14.9. The van der Waals surface area contributed by atoms with Gasteiger partial charge in [0.15, 0.2) is 45.3 Å². The molecule has 1 aromatic heterocycles. The lowest BCUT2D eigenvalue weighted by atomic mass is 9.77. The molecule has 2 N–H and O–H groups in total. The third-order valence-electron chi connectivity index (χ3n) is 15.2. The third kappa shape index (κ3) is 13.4. The van der Waals surface area contributed by atoms with E-state index < -0.39 is 93.7 Å². The highest BCUT2D eigenvalue weighted by Crippen LogP contribution is 2.49. The number of rotatable bonds is 6. The van der Waals surface area contributed by atoms with Gasteiger partial charge in [-0.3, -0.25) is 14.4 Å². The molecule has 20 nitrogen and oxygen atoms in total. The van der Waals surface area contributed by atoms with Crippen molar-refractivity contribution < 1.29 is 80.8 Å². The molecular weight excluding hydrogens is 1070 g/mol. The quantitative estimate of drug-likeness (QED) is 0.0455. The van der Waals surface area contributed by atoms with Crippen LogP contribution in [0.15, 0.2) is 69.4 Å². The number of aromatic hydroxyl groups is 1. The number of ketones is 1. The Morgan fingerprint density at radius 2 is 1.44 bits per heavy atom. The van der Waals surface area contributed by atoms with E-state index in [1.165, 1.54) is 6.92 Å². The normalized spacial score (nSPS) is 31.2. The number of nitrogens with zero attached hydrogens (tertiary/aromatic N) is 1. The van der Waals surface area contributed by atoms with Crippen LogP contribution in [-0.2, 0) is 52.2 Å². The number of fused-ring (bicyclic) bond motifs is 10. The van der Waals surface area contributed by atoms with Crippen molar-refractivity contribution in [3.63, 3.8) is 0 Å². The lowest BCUT2D eigenvalue weighted by molar-refractivity contribution is -0.336. The predicted octanol–water partition coefficient (Wildman–Crippen LogP) is 11.1. The summed E-state index contributed by atoms with van der Waals surface area (Å²) in [5.41, 5.74) is -1.94. The van der Waals surface area contributed by atoms with Crippen molar-refractivity contribution in [3.8, 4) is 11.5 Å². The number of hydrogen-bond donors (Lipinski definition) is 2. The first-order valence-electron chi connectivity index (χ1n) is 26.8. The van der Waals surface area contributed by atoms with Crippen LogP contribution in [0.1, 0.15) is 113 Å². The molecule has 4 aromatic rings. The average Bonchev–Trinajstić information content (AvgIpc) is 3.63. The third-order valence-corrected chi connectivity index (χ3v) is 15.3. The maximum Gasteiger partial charge on any atom is 0.508 e. The fraction of sp³-hybridized carbons (Fsp3) is 0.567. The highest BCUT2D eigenvalue weighted by atomic mass is 35.5. The number of aromatic nitrogens is 1. The van der Waals surface area contributed by atoms with Gasteiger partial charge in [-0.15, -0.1) is 0 Å². The highest BCUT2D eigenvalue weighted by Gasteiger charge is 2.50. The molecule has 0 radical (unpaired) electrons. The van der Waals surface area contributed by atoms with E-state index in [1.807, 2.05) is 47.6 Å². The van der Waals surface area contributed by atoms with Gasteiger partial charge >= 0.3 is 11.6 Å². The first-order valence-corrected chi connectivity index (χ1v) is 27.2. The summed E-state index contributed by atoms with van der Waals surface area (Å²) in [6.07, 6.45) is 4.94. The van der Waals surface area contributed by atoms with E-state index in [0.717, 1.165) is 0 Å². The highest BCUT2D eigenvalue weighted by molar-refractivity contribution is 6.61. The summed E-state index contributed by atoms with van der Waals surface area (Å²) in [6.45, 7) is 24.3. The summed E-state index contributed by atoms with van der Waals surface area (Å²) in [6, 6.07) is 6.92. The molecule has 7 heterocycles. The number of halogens is 1. The van der Waals surface area contributed by atoms with Crippen molar-refractivity contribution in [2.75, 3.05) is 38.9 Å². The smallest absolute Gasteiger partial charge is 0.505 e. The summed E-state index contributed by atoms with van der Waals surface area (Å²) in [7, 11) is 1.55. The summed E-state index contributed by atoms with van der Waals surface area (Å²) >= 11 is 4.97. The Kier molecular flexibility index (Phi) is 18.9. The summed E-state index contributed by atoms with van der Waals surface area (Å²) in [5, 5.41) is 14.7. The van der Waals surface area contributed by atoms with Crippen molar-refractivity contribution in [3.05, 3.63) is 81.6 Å². The number of benzene rings is 3. The molecule has 21 heteroatoms. The Morgan fingerprint density at radius 1 is 0.815 bits per heavy atom. The van der Waals surface area contributed by atoms with Crippen molar-refractivity contribution in [2.45, 2.75) is 163 Å². The number of nitrogens with one attached hydrogen (secondary N) is 1. The van der Waals surface area contributed by atoms with Crippen LogP contribution in [0.25, 0.3) is 33.0 Å². The minimum atomic E-state index is -1.53. The number of Topliss-reactive ketones (excluding diaryl/α,β-unsaturated/α-hetero) is 1. The van der Waals surface area contributed by atoms with Gasteiger partial charge in [-0.05, 0) is 74.4 Å². The summed E-state index contributed by atoms with van der Waals surface area (Å²) in [4.78, 5) is 72.1. The van der Waals surface area contributed by atoms with Crippen molar-refractivity contribution in [2.24, 2.45) is 23.7 Å². The number of allylic oxidation sites excluding steroid dienone is 2. The van der Waals surface area contributed by atoms with Crippen LogP contribution >= 0.6 is 11.6 Å². The zero-order valence-electron chi connectivity index (χ0n) is 47.7. The zero-order chi connectivity index (χ0) is 58.4. The van der Waals surface area contributed by atoms with Gasteiger partial charge in [0, 0.05) is 65.3 Å². The van der Waals surface area contributed by atoms with Crippen LogP contribution in [0.5, 0.6) is 11.5 Å². The van der Waals surface area contributed by atoms with Gasteiger partial charge in [0.2, 0.25) is 5.78 Å². The molecule has 10 rings (SSSR count). The molecule has 7 bridgehead atoms. The van der Waals surface area contributed by atoms with E-state index in [2.05, 4.69) is 10.1 Å². The van der Waals surface area contributed by atoms with E-state index in [0.29, 0.717) is 17.7 Å². The molecule has 0 saturated carbocycles. The Balaban J connectivity index is 0.000000646. The molecule has 442 valence electrons. The number of anilines is 1. The second-order valence-corrected chi connectivity index (χ2v) is 23.1. The number of ether oxygens (including phenoxy) is 11. The standard InChI is InChI=1S/C52H62N2O14.C7H11ClO4.CH4/c1-25-17-15-18-26(2)48(58)54-39-41(56)36-35(38-46(39)63-34-20-14-13-19-32(34)53-38)37-45(28(4)40(36)55)68-52(11,47(37)57)22-16-21-33(60-12)27(3)43(30(6)44-29(5)42(25)66-51(9,10)67-44)64-49(59)61-23-31-24-62-50(7,8)65-31;1-7(2)11-4-5(12-7)3-10-6(8)9;/h13-21,25,27,29-31,33,42-44,56H,22-24H2,1-12H3,(H,54,58);5H,3-4H2,1-2H3;1H4/b17-15+,21-16+,26-18-;;/t25-,27+,29+,30-,31?,33-,42?,43+,44+,52+;;/m0../s1. The van der Waals surface area contributed by atoms with Gasteiger partial charge < -0.3 is 66.9 Å². The zero-order valence-corrected chi connectivity index (χ0v) is 48.5. The molecule has 3 aromatic carbocycles. The minimum absolute atomic E-state index is 0. The Morgan fingerprint density at radius 3 is 2.06 bits per heavy atom. The van der Waals surface area contributed by atoms with Gasteiger partial charge in [0.1, 0.15) is 54.0 Å². The fourth-order valence-electron chi connectivity index (χ4n) is 11.1. The van der Waals surface area contributed by atoms with Gasteiger partial charge in [0.25, 0.3) is 5.91 Å². The average molecular weight is 1150 g/mol. The number of para-hydroxylation sites is 2. The maximum absolute atomic E-state index is 14.9. The molecule has 3 saturated heterocycles. The predicted molar refractivity (Wildman–Crippen MR) is 302 cm³/mol. The van der Waals surface area contributed by atoms with Crippen molar-refractivity contribution >= 4 is 73.5 Å². The van der Waals surface area contributed by atoms with Gasteiger partial charge in [0.05, 0.1) is 42.5 Å². The molecule has 1 amide bonds. The number of amides is 1. The minimum Gasteiger partial charge on any atom is -0.505 e. The van der Waals surface area contributed by atoms with Crippen LogP contribution < -0.4 is 15.5 Å². The molecule has 0 aliphatic carbocycles. The topological polar surface area (TPSA) is 245 Å². The molecule has 11 atom stereocenters. The van der Waals surface area contributed by atoms with Crippen LogP contribution in [0.3, 0.4) is 0 Å². The van der Waals surface area contributed by atoms with Crippen LogP contribution in [0, 0.1) is 30.6 Å². The fourth-order valence-corrected chi connectivity index (χ4v) is 11.2. The Hall–Kier alpha value is -5.97. The number of phenolic OH excluding ortho intramolecular Hbond substituents is 1. The largest absolute Gasteiger partial charge is 0.508 e. The second kappa shape index (κ2) is 24.5. The van der Waals surface area contributed by atoms with E-state index in [4.69, 9.17) is 68.4 Å². The van der Waals surface area contributed by atoms with E-state index >= 15 is 0 Å². The lowest BCUT2D eigenvalue weighted by Gasteiger charge is -2.50. The number of carbonyl (C=O) groups is 4. The first kappa shape index (κ1) is 62.6. The molecule has 6 aliphatic heterocycles. The molecular formula is C60H77ClN2O18. The number of hydrogen-bond acceptors (Lipinski definition) is 19. The summed E-state index contributed by atoms with van der Waals surface area (Å²) in [5.74, 6) is -5.42. The lowest BCUT2D eigenvalue weighted by Crippen LogP contribution is -2.56. The van der Waals surface area contributed by atoms with Crippen LogP contribution in [0.4, 0.5) is 15.3 Å². The van der Waals surface area contributed by atoms with Gasteiger partial charge in [-0.25, -0.2) is 14.6 Å². The molecule has 6 aliphatic rings. The Bertz CT molecular complexity index is 3200. The molecule has 0 spiro atoms. The first-order chi connectivity index (χ1) is 37.5. The summed E-state index contributed by atoms with van der Waals surface area (Å²) < 4.78 is 70.7. The van der Waals surface area contributed by atoms with Crippen molar-refractivity contribution in [1.82, 2.24) is 4.98 Å². The van der Waals surface area contributed by atoms with E-state index in [9.17, 15) is 29.1 Å². The number of methoxy groups -OCH3 is 1. The van der Waals surface area contributed by atoms with Crippen LogP contribution in [-0.4, -0.2) is 126 Å². The van der Waals surface area contributed by atoms with Gasteiger partial charge in [-0.1, -0.05) is 77.6 Å². The number of phenols is 1. The monoisotopic (exact) mass is 1150 g/mol. The molecule has 3 fully saturated rings. The Labute approximate surface area is 476 Å². The number of carbonyl (C=O) groups excluding carboxylic acids is 4. The van der Waals surface area contributed by atoms with Crippen LogP contribution in [0.2, 0.25) is 0 Å². The van der Waals surface area contributed by atoms with Crippen molar-refractivity contribution in [1.29, 1.82) is 0 Å². The van der Waals surface area contributed by atoms with E-state index in [1.54, 1.807) is 97.2 Å². The van der Waals surface area contributed by atoms with E-state index in [-0.39, 0.29) is 108 Å². The molecule has 81 heavy (non-hydrogen) atoms. The second-order valence-electron chi connectivity index (χ2n) is 22.8. The SMILES string of the molecule is C.CC1(C)OCC(COC(=O)Cl)O1.CO[C@H]1/C=C/C[C@@]2(C)Oc3c(C)c(=O)c4c(O)c(c5oc6ccccc6nc5c4c3C2=O)NC(=O)/C(C)=C\C=C\[C@H](C)C2OC(C)(C)O[C@@H]([C@@H](C)[C@H](OC(=O)OCC3COC(C)(C)O3)[C@@H]1C)[C@@H]2C. The van der Waals surface area contributed by atoms with Gasteiger partial charge in [-0.2, -0.15) is 0 Å².